The highest BCUT2D eigenvalue weighted by molar-refractivity contribution is 7.80. The zero-order valence-electron chi connectivity index (χ0n) is 19.1. The molecule has 0 saturated heterocycles. The molecule has 0 fully saturated rings. The molecule has 3 aromatic carbocycles. The quantitative estimate of drug-likeness (QED) is 0.315. The van der Waals surface area contributed by atoms with Crippen LogP contribution in [0.2, 0.25) is 0 Å². The summed E-state index contributed by atoms with van der Waals surface area (Å²) >= 11 is 5.76. The van der Waals surface area contributed by atoms with Gasteiger partial charge in [0.25, 0.3) is 0 Å². The molecule has 6 heteroatoms. The molecule has 0 aliphatic heterocycles. The van der Waals surface area contributed by atoms with Crippen LogP contribution < -0.4 is 10.6 Å². The summed E-state index contributed by atoms with van der Waals surface area (Å²) in [5.74, 6) is 0. The second-order valence-electron chi connectivity index (χ2n) is 9.12. The summed E-state index contributed by atoms with van der Waals surface area (Å²) in [6, 6.07) is 22.2. The van der Waals surface area contributed by atoms with E-state index in [4.69, 9.17) is 17.0 Å². The number of H-pyrrole nitrogens is 1. The topological polar surface area (TPSA) is 66.1 Å². The van der Waals surface area contributed by atoms with E-state index < -0.39 is 17.7 Å². The number of carbonyl (C=O) groups excluding carboxylic acids is 1. The number of amides is 1. The number of aromatic nitrogens is 1. The first-order chi connectivity index (χ1) is 15.8. The summed E-state index contributed by atoms with van der Waals surface area (Å²) in [6.07, 6.45) is 2.04. The summed E-state index contributed by atoms with van der Waals surface area (Å²) in [6.45, 7) is 6.11. The Bertz CT molecular complexity index is 1280. The molecule has 4 aromatic rings. The van der Waals surface area contributed by atoms with Gasteiger partial charge in [0.2, 0.25) is 0 Å². The van der Waals surface area contributed by atoms with E-state index in [1.54, 1.807) is 0 Å². The van der Waals surface area contributed by atoms with E-state index in [1.165, 1.54) is 10.8 Å². The molecule has 1 heterocycles. The minimum absolute atomic E-state index is 0.413. The van der Waals surface area contributed by atoms with Crippen LogP contribution in [-0.2, 0) is 17.7 Å². The van der Waals surface area contributed by atoms with E-state index in [2.05, 4.69) is 45.9 Å². The van der Waals surface area contributed by atoms with Gasteiger partial charge in [-0.05, 0) is 48.7 Å². The van der Waals surface area contributed by atoms with Crippen LogP contribution >= 0.6 is 12.2 Å². The molecule has 170 valence electrons. The first-order valence-corrected chi connectivity index (χ1v) is 11.5. The minimum atomic E-state index is -0.590. The molecule has 1 unspecified atom stereocenters. The minimum Gasteiger partial charge on any atom is -0.444 e. The first kappa shape index (κ1) is 22.8. The standard InChI is InChI=1S/C27H29N3O2S/c1-27(2,3)32-26(31)30-24(15-20-17-28-23-14-7-6-13-22(20)23)25(33)29-16-19-11-8-10-18-9-4-5-12-21(18)19/h4-14,17,24,28H,15-16H2,1-3H3,(H,29,33)(H,30,31). The van der Waals surface area contributed by atoms with Gasteiger partial charge in [-0.2, -0.15) is 0 Å². The van der Waals surface area contributed by atoms with E-state index in [1.807, 2.05) is 63.4 Å². The normalized spacial score (nSPS) is 12.5. The number of hydrogen-bond acceptors (Lipinski definition) is 3. The molecular weight excluding hydrogens is 430 g/mol. The Morgan fingerprint density at radius 2 is 1.67 bits per heavy atom. The van der Waals surface area contributed by atoms with Crippen molar-refractivity contribution in [3.8, 4) is 0 Å². The Labute approximate surface area is 199 Å². The lowest BCUT2D eigenvalue weighted by Crippen LogP contribution is -2.48. The van der Waals surface area contributed by atoms with Crippen molar-refractivity contribution in [2.45, 2.75) is 45.4 Å². The Hall–Kier alpha value is -3.38. The van der Waals surface area contributed by atoms with Crippen LogP contribution in [0.3, 0.4) is 0 Å². The Morgan fingerprint density at radius 1 is 0.970 bits per heavy atom. The molecule has 0 saturated carbocycles. The maximum absolute atomic E-state index is 12.6. The fraction of sp³-hybridized carbons (Fsp3) is 0.259. The molecule has 0 radical (unpaired) electrons. The molecule has 1 amide bonds. The van der Waals surface area contributed by atoms with Gasteiger partial charge in [0, 0.05) is 30.1 Å². The van der Waals surface area contributed by atoms with Crippen LogP contribution in [0.5, 0.6) is 0 Å². The number of nitrogens with one attached hydrogen (secondary N) is 3. The molecule has 0 aliphatic carbocycles. The van der Waals surface area contributed by atoms with Gasteiger partial charge in [-0.1, -0.05) is 72.9 Å². The Morgan fingerprint density at radius 3 is 2.45 bits per heavy atom. The molecule has 1 aromatic heterocycles. The first-order valence-electron chi connectivity index (χ1n) is 11.1. The molecular formula is C27H29N3O2S. The van der Waals surface area contributed by atoms with Crippen LogP contribution in [0.1, 0.15) is 31.9 Å². The van der Waals surface area contributed by atoms with Crippen LogP contribution in [0.15, 0.2) is 72.9 Å². The largest absolute Gasteiger partial charge is 0.444 e. The van der Waals surface area contributed by atoms with E-state index in [9.17, 15) is 4.79 Å². The number of para-hydroxylation sites is 1. The number of fused-ring (bicyclic) bond motifs is 2. The highest BCUT2D eigenvalue weighted by atomic mass is 32.1. The lowest BCUT2D eigenvalue weighted by Gasteiger charge is -2.25. The fourth-order valence-corrected chi connectivity index (χ4v) is 4.15. The average molecular weight is 460 g/mol. The molecule has 0 aliphatic rings. The zero-order valence-corrected chi connectivity index (χ0v) is 20.0. The smallest absolute Gasteiger partial charge is 0.408 e. The highest BCUT2D eigenvalue weighted by Crippen LogP contribution is 2.21. The predicted octanol–water partition coefficient (Wildman–Crippen LogP) is 5.87. The molecule has 0 spiro atoms. The highest BCUT2D eigenvalue weighted by Gasteiger charge is 2.23. The van der Waals surface area contributed by atoms with E-state index in [0.717, 1.165) is 22.0 Å². The maximum Gasteiger partial charge on any atom is 0.408 e. The van der Waals surface area contributed by atoms with Gasteiger partial charge in [0.1, 0.15) is 5.60 Å². The number of benzene rings is 3. The molecule has 5 nitrogen and oxygen atoms in total. The molecule has 4 rings (SSSR count). The van der Waals surface area contributed by atoms with Gasteiger partial charge in [-0.3, -0.25) is 0 Å². The van der Waals surface area contributed by atoms with Gasteiger partial charge < -0.3 is 20.4 Å². The summed E-state index contributed by atoms with van der Waals surface area (Å²) < 4.78 is 5.50. The number of aromatic amines is 1. The third-order valence-corrected chi connectivity index (χ3v) is 5.87. The monoisotopic (exact) mass is 459 g/mol. The second kappa shape index (κ2) is 9.63. The van der Waals surface area contributed by atoms with Crippen molar-refractivity contribution in [1.29, 1.82) is 0 Å². The van der Waals surface area contributed by atoms with Crippen molar-refractivity contribution >= 4 is 45.0 Å². The summed E-state index contributed by atoms with van der Waals surface area (Å²) in [5, 5.41) is 9.83. The number of rotatable bonds is 6. The van der Waals surface area contributed by atoms with Gasteiger partial charge in [-0.15, -0.1) is 0 Å². The average Bonchev–Trinajstić information content (AvgIpc) is 3.18. The summed E-state index contributed by atoms with van der Waals surface area (Å²) in [5.41, 5.74) is 2.70. The van der Waals surface area contributed by atoms with Gasteiger partial charge >= 0.3 is 6.09 Å². The van der Waals surface area contributed by atoms with Crippen molar-refractivity contribution < 1.29 is 9.53 Å². The third kappa shape index (κ3) is 5.71. The Kier molecular flexibility index (Phi) is 6.65. The van der Waals surface area contributed by atoms with Crippen LogP contribution in [-0.4, -0.2) is 27.7 Å². The molecule has 0 bridgehead atoms. The van der Waals surface area contributed by atoms with E-state index in [0.29, 0.717) is 18.0 Å². The van der Waals surface area contributed by atoms with Crippen LogP contribution in [0, 0.1) is 0 Å². The van der Waals surface area contributed by atoms with Crippen molar-refractivity contribution in [2.24, 2.45) is 0 Å². The second-order valence-corrected chi connectivity index (χ2v) is 9.56. The van der Waals surface area contributed by atoms with Crippen molar-refractivity contribution in [1.82, 2.24) is 15.6 Å². The van der Waals surface area contributed by atoms with E-state index in [-0.39, 0.29) is 0 Å². The summed E-state index contributed by atoms with van der Waals surface area (Å²) in [7, 11) is 0. The van der Waals surface area contributed by atoms with Crippen molar-refractivity contribution in [3.05, 3.63) is 84.1 Å². The fourth-order valence-electron chi connectivity index (χ4n) is 3.93. The molecule has 1 atom stereocenters. The maximum atomic E-state index is 12.6. The SMILES string of the molecule is CC(C)(C)OC(=O)NC(Cc1c[nH]c2ccccc12)C(=S)NCc1cccc2ccccc12. The van der Waals surface area contributed by atoms with E-state index >= 15 is 0 Å². The van der Waals surface area contributed by atoms with Gasteiger partial charge in [0.15, 0.2) is 0 Å². The third-order valence-electron chi connectivity index (χ3n) is 5.44. The number of carbonyl (C=O) groups is 1. The Balaban J connectivity index is 1.53. The number of alkyl carbamates (subject to hydrolysis) is 1. The predicted molar refractivity (Wildman–Crippen MR) is 139 cm³/mol. The number of thiocarbonyl (C=S) groups is 1. The van der Waals surface area contributed by atoms with Crippen molar-refractivity contribution in [3.63, 3.8) is 0 Å². The molecule has 3 N–H and O–H groups in total. The number of ether oxygens (including phenoxy) is 1. The van der Waals surface area contributed by atoms with Crippen molar-refractivity contribution in [2.75, 3.05) is 0 Å². The summed E-state index contributed by atoms with van der Waals surface area (Å²) in [4.78, 5) is 16.4. The number of hydrogen-bond donors (Lipinski definition) is 3. The van der Waals surface area contributed by atoms with Gasteiger partial charge in [0.05, 0.1) is 11.0 Å². The van der Waals surface area contributed by atoms with Crippen LogP contribution in [0.4, 0.5) is 4.79 Å². The molecule has 33 heavy (non-hydrogen) atoms. The zero-order chi connectivity index (χ0) is 23.4. The van der Waals surface area contributed by atoms with Crippen LogP contribution in [0.25, 0.3) is 21.7 Å². The lowest BCUT2D eigenvalue weighted by molar-refractivity contribution is 0.0518. The van der Waals surface area contributed by atoms with Gasteiger partial charge in [-0.25, -0.2) is 4.79 Å². The lowest BCUT2D eigenvalue weighted by atomic mass is 10.0.